The number of nitrogens with zero attached hydrogens (tertiary/aromatic N) is 4. The van der Waals surface area contributed by atoms with Gasteiger partial charge in [-0.25, -0.2) is 4.68 Å². The highest BCUT2D eigenvalue weighted by molar-refractivity contribution is 6.32. The van der Waals surface area contributed by atoms with Gasteiger partial charge in [-0.05, 0) is 46.8 Å². The van der Waals surface area contributed by atoms with Crippen LogP contribution in [0.15, 0.2) is 54.9 Å². The molecule has 1 heterocycles. The lowest BCUT2D eigenvalue weighted by Gasteiger charge is -2.09. The Hall–Kier alpha value is -2.60. The Balaban J connectivity index is 1.49. The minimum atomic E-state index is 0.415. The molecule has 0 saturated carbocycles. The molecule has 0 atom stereocenters. The van der Waals surface area contributed by atoms with Crippen LogP contribution >= 0.6 is 11.6 Å². The van der Waals surface area contributed by atoms with Crippen molar-refractivity contribution >= 4 is 11.6 Å². The first kappa shape index (κ1) is 14.3. The molecule has 6 nitrogen and oxygen atoms in total. The largest absolute Gasteiger partial charge is 0.490 e. The van der Waals surface area contributed by atoms with Gasteiger partial charge in [0, 0.05) is 0 Å². The van der Waals surface area contributed by atoms with Gasteiger partial charge in [-0.1, -0.05) is 23.7 Å². The summed E-state index contributed by atoms with van der Waals surface area (Å²) in [7, 11) is 0. The highest BCUT2D eigenvalue weighted by Crippen LogP contribution is 2.23. The minimum Gasteiger partial charge on any atom is -0.490 e. The van der Waals surface area contributed by atoms with E-state index in [0.717, 1.165) is 11.4 Å². The van der Waals surface area contributed by atoms with E-state index in [-0.39, 0.29) is 0 Å². The lowest BCUT2D eigenvalue weighted by atomic mass is 10.3. The quantitative estimate of drug-likeness (QED) is 0.654. The van der Waals surface area contributed by atoms with Crippen molar-refractivity contribution in [2.75, 3.05) is 13.2 Å². The predicted molar refractivity (Wildman–Crippen MR) is 81.6 cm³/mol. The van der Waals surface area contributed by atoms with Crippen molar-refractivity contribution in [3.05, 3.63) is 59.9 Å². The van der Waals surface area contributed by atoms with E-state index in [9.17, 15) is 0 Å². The summed E-state index contributed by atoms with van der Waals surface area (Å²) >= 11 is 6.00. The van der Waals surface area contributed by atoms with Crippen molar-refractivity contribution in [1.82, 2.24) is 20.2 Å². The molecule has 0 bridgehead atoms. The second-order valence-corrected chi connectivity index (χ2v) is 4.78. The molecule has 2 aromatic carbocycles. The molecule has 0 radical (unpaired) electrons. The number of ether oxygens (including phenoxy) is 2. The molecule has 112 valence electrons. The number of hydrogen-bond donors (Lipinski definition) is 0. The number of halogens is 1. The second-order valence-electron chi connectivity index (χ2n) is 4.38. The van der Waals surface area contributed by atoms with Gasteiger partial charge in [0.1, 0.15) is 31.0 Å². The Morgan fingerprint density at radius 3 is 2.45 bits per heavy atom. The molecule has 7 heteroatoms. The molecule has 0 N–H and O–H groups in total. The molecule has 0 aliphatic carbocycles. The summed E-state index contributed by atoms with van der Waals surface area (Å²) in [6, 6.07) is 14.8. The Morgan fingerprint density at radius 1 is 0.955 bits per heavy atom. The Kier molecular flexibility index (Phi) is 4.50. The fraction of sp³-hybridized carbons (Fsp3) is 0.133. The maximum Gasteiger partial charge on any atom is 0.143 e. The molecule has 22 heavy (non-hydrogen) atoms. The maximum atomic E-state index is 6.00. The van der Waals surface area contributed by atoms with Crippen molar-refractivity contribution in [1.29, 1.82) is 0 Å². The third-order valence-electron chi connectivity index (χ3n) is 2.90. The molecule has 0 spiro atoms. The van der Waals surface area contributed by atoms with Crippen LogP contribution in [0.1, 0.15) is 0 Å². The Bertz CT molecular complexity index is 717. The molecule has 0 aliphatic heterocycles. The van der Waals surface area contributed by atoms with Gasteiger partial charge in [0.15, 0.2) is 0 Å². The monoisotopic (exact) mass is 316 g/mol. The van der Waals surface area contributed by atoms with E-state index in [1.807, 2.05) is 42.5 Å². The van der Waals surface area contributed by atoms with Gasteiger partial charge in [-0.3, -0.25) is 0 Å². The van der Waals surface area contributed by atoms with Gasteiger partial charge in [-0.15, -0.1) is 5.10 Å². The SMILES string of the molecule is Clc1ccccc1OCCOc1ccc(-n2cnnn2)cc1. The van der Waals surface area contributed by atoms with E-state index in [1.165, 1.54) is 6.33 Å². The topological polar surface area (TPSA) is 62.1 Å². The van der Waals surface area contributed by atoms with Crippen molar-refractivity contribution in [3.8, 4) is 17.2 Å². The summed E-state index contributed by atoms with van der Waals surface area (Å²) in [6.07, 6.45) is 1.54. The van der Waals surface area contributed by atoms with Crippen LogP contribution in [0.2, 0.25) is 5.02 Å². The molecule has 0 saturated heterocycles. The number of aromatic nitrogens is 4. The zero-order valence-electron chi connectivity index (χ0n) is 11.6. The Morgan fingerprint density at radius 2 is 1.73 bits per heavy atom. The summed E-state index contributed by atoms with van der Waals surface area (Å²) in [5, 5.41) is 11.6. The van der Waals surface area contributed by atoms with Crippen LogP contribution in [0.4, 0.5) is 0 Å². The van der Waals surface area contributed by atoms with Crippen LogP contribution < -0.4 is 9.47 Å². The zero-order valence-corrected chi connectivity index (χ0v) is 12.3. The summed E-state index contributed by atoms with van der Waals surface area (Å²) in [5.41, 5.74) is 0.865. The van der Waals surface area contributed by atoms with E-state index in [4.69, 9.17) is 21.1 Å². The summed E-state index contributed by atoms with van der Waals surface area (Å²) in [5.74, 6) is 1.40. The number of hydrogen-bond acceptors (Lipinski definition) is 5. The van der Waals surface area contributed by atoms with Gasteiger partial charge in [0.05, 0.1) is 10.7 Å². The number of rotatable bonds is 6. The molecule has 3 aromatic rings. The van der Waals surface area contributed by atoms with E-state index in [0.29, 0.717) is 24.0 Å². The fourth-order valence-corrected chi connectivity index (χ4v) is 2.04. The third kappa shape index (κ3) is 3.53. The minimum absolute atomic E-state index is 0.415. The normalized spacial score (nSPS) is 10.4. The zero-order chi connectivity index (χ0) is 15.2. The predicted octanol–water partition coefficient (Wildman–Crippen LogP) is 2.77. The molecule has 0 unspecified atom stereocenters. The van der Waals surface area contributed by atoms with Crippen LogP contribution in [0.5, 0.6) is 11.5 Å². The number of tetrazole rings is 1. The molecular formula is C15H13ClN4O2. The van der Waals surface area contributed by atoms with Gasteiger partial charge in [0.25, 0.3) is 0 Å². The molecule has 0 fully saturated rings. The number of para-hydroxylation sites is 1. The molecule has 1 aromatic heterocycles. The highest BCUT2D eigenvalue weighted by Gasteiger charge is 2.01. The van der Waals surface area contributed by atoms with Crippen molar-refractivity contribution in [2.45, 2.75) is 0 Å². The van der Waals surface area contributed by atoms with Crippen LogP contribution in [-0.2, 0) is 0 Å². The van der Waals surface area contributed by atoms with E-state index in [1.54, 1.807) is 10.7 Å². The summed E-state index contributed by atoms with van der Waals surface area (Å²) < 4.78 is 12.7. The molecule has 0 aliphatic rings. The van der Waals surface area contributed by atoms with E-state index in [2.05, 4.69) is 15.5 Å². The average Bonchev–Trinajstić information content (AvgIpc) is 3.08. The summed E-state index contributed by atoms with van der Waals surface area (Å²) in [4.78, 5) is 0. The standard InChI is InChI=1S/C15H13ClN4O2/c16-14-3-1-2-4-15(14)22-10-9-21-13-7-5-12(6-8-13)20-11-17-18-19-20/h1-8,11H,9-10H2. The molecular weight excluding hydrogens is 304 g/mol. The highest BCUT2D eigenvalue weighted by atomic mass is 35.5. The van der Waals surface area contributed by atoms with Crippen LogP contribution in [0.25, 0.3) is 5.69 Å². The smallest absolute Gasteiger partial charge is 0.143 e. The van der Waals surface area contributed by atoms with Gasteiger partial charge >= 0.3 is 0 Å². The fourth-order valence-electron chi connectivity index (χ4n) is 1.85. The van der Waals surface area contributed by atoms with Gasteiger partial charge < -0.3 is 9.47 Å². The first-order valence-electron chi connectivity index (χ1n) is 6.66. The van der Waals surface area contributed by atoms with E-state index >= 15 is 0 Å². The first-order chi connectivity index (χ1) is 10.8. The summed E-state index contributed by atoms with van der Waals surface area (Å²) in [6.45, 7) is 0.841. The second kappa shape index (κ2) is 6.91. The van der Waals surface area contributed by atoms with Crippen LogP contribution in [0.3, 0.4) is 0 Å². The van der Waals surface area contributed by atoms with E-state index < -0.39 is 0 Å². The van der Waals surface area contributed by atoms with Gasteiger partial charge in [0.2, 0.25) is 0 Å². The maximum absolute atomic E-state index is 6.00. The van der Waals surface area contributed by atoms with Gasteiger partial charge in [-0.2, -0.15) is 0 Å². The first-order valence-corrected chi connectivity index (χ1v) is 7.04. The van der Waals surface area contributed by atoms with Crippen molar-refractivity contribution in [2.24, 2.45) is 0 Å². The molecule has 0 amide bonds. The molecule has 3 rings (SSSR count). The Labute approximate surface area is 132 Å². The lowest BCUT2D eigenvalue weighted by molar-refractivity contribution is 0.217. The third-order valence-corrected chi connectivity index (χ3v) is 3.21. The van der Waals surface area contributed by atoms with Crippen LogP contribution in [-0.4, -0.2) is 33.4 Å². The average molecular weight is 317 g/mol. The van der Waals surface area contributed by atoms with Crippen molar-refractivity contribution in [3.63, 3.8) is 0 Å². The lowest BCUT2D eigenvalue weighted by Crippen LogP contribution is -2.09. The van der Waals surface area contributed by atoms with Crippen LogP contribution in [0, 0.1) is 0 Å². The number of benzene rings is 2. The van der Waals surface area contributed by atoms with Crippen molar-refractivity contribution < 1.29 is 9.47 Å².